The number of aromatic nitrogens is 3. The SMILES string of the molecule is CN(C)Cc1ccc(C2c3n[nH]c(=O)c4cccc(c34)NC2c2cccnc2)cc1. The third-order valence-corrected chi connectivity index (χ3v) is 5.66. The van der Waals surface area contributed by atoms with E-state index in [0.29, 0.717) is 5.39 Å². The summed E-state index contributed by atoms with van der Waals surface area (Å²) in [6.45, 7) is 0.888. The van der Waals surface area contributed by atoms with E-state index >= 15 is 0 Å². The molecule has 1 aliphatic rings. The first-order chi connectivity index (χ1) is 14.6. The predicted molar refractivity (Wildman–Crippen MR) is 119 cm³/mol. The maximum absolute atomic E-state index is 12.4. The third kappa shape index (κ3) is 3.15. The zero-order valence-electron chi connectivity index (χ0n) is 17.0. The van der Waals surface area contributed by atoms with Crippen LogP contribution in [0.15, 0.2) is 71.8 Å². The van der Waals surface area contributed by atoms with Crippen LogP contribution in [0.2, 0.25) is 0 Å². The molecule has 5 rings (SSSR count). The van der Waals surface area contributed by atoms with Gasteiger partial charge in [-0.2, -0.15) is 5.10 Å². The molecule has 0 spiro atoms. The van der Waals surface area contributed by atoms with Gasteiger partial charge in [0.1, 0.15) is 0 Å². The molecule has 150 valence electrons. The fraction of sp³-hybridized carbons (Fsp3) is 0.208. The molecule has 2 N–H and O–H groups in total. The first-order valence-electron chi connectivity index (χ1n) is 10.0. The number of pyridine rings is 1. The number of hydrogen-bond donors (Lipinski definition) is 2. The summed E-state index contributed by atoms with van der Waals surface area (Å²) in [5.74, 6) is -0.0585. The van der Waals surface area contributed by atoms with Crippen molar-refractivity contribution in [1.29, 1.82) is 0 Å². The molecule has 6 nitrogen and oxygen atoms in total. The molecule has 2 atom stereocenters. The van der Waals surface area contributed by atoms with Crippen molar-refractivity contribution in [2.75, 3.05) is 19.4 Å². The minimum Gasteiger partial charge on any atom is -0.377 e. The summed E-state index contributed by atoms with van der Waals surface area (Å²) in [7, 11) is 4.13. The van der Waals surface area contributed by atoms with Crippen LogP contribution in [0.25, 0.3) is 10.8 Å². The largest absolute Gasteiger partial charge is 0.377 e. The van der Waals surface area contributed by atoms with Crippen LogP contribution in [-0.2, 0) is 6.54 Å². The van der Waals surface area contributed by atoms with Gasteiger partial charge in [-0.1, -0.05) is 36.4 Å². The smallest absolute Gasteiger partial charge is 0.272 e. The lowest BCUT2D eigenvalue weighted by atomic mass is 9.80. The topological polar surface area (TPSA) is 73.9 Å². The highest BCUT2D eigenvalue weighted by atomic mass is 16.1. The minimum atomic E-state index is -0.169. The normalized spacial score (nSPS) is 17.8. The molecule has 0 aliphatic carbocycles. The zero-order chi connectivity index (χ0) is 20.7. The molecule has 2 aromatic carbocycles. The van der Waals surface area contributed by atoms with Crippen LogP contribution in [0.5, 0.6) is 0 Å². The van der Waals surface area contributed by atoms with Crippen molar-refractivity contribution < 1.29 is 0 Å². The molecule has 1 aliphatic heterocycles. The van der Waals surface area contributed by atoms with Crippen molar-refractivity contribution in [3.8, 4) is 0 Å². The second-order valence-corrected chi connectivity index (χ2v) is 8.03. The van der Waals surface area contributed by atoms with Crippen LogP contribution < -0.4 is 10.9 Å². The van der Waals surface area contributed by atoms with Crippen LogP contribution >= 0.6 is 0 Å². The van der Waals surface area contributed by atoms with Crippen LogP contribution in [-0.4, -0.2) is 34.2 Å². The van der Waals surface area contributed by atoms with Gasteiger partial charge in [-0.25, -0.2) is 5.10 Å². The van der Waals surface area contributed by atoms with Crippen molar-refractivity contribution in [2.45, 2.75) is 18.5 Å². The average molecular weight is 397 g/mol. The highest BCUT2D eigenvalue weighted by molar-refractivity contribution is 5.97. The Balaban J connectivity index is 1.70. The monoisotopic (exact) mass is 397 g/mol. The number of anilines is 1. The van der Waals surface area contributed by atoms with Gasteiger partial charge in [0.25, 0.3) is 5.56 Å². The fourth-order valence-corrected chi connectivity index (χ4v) is 4.38. The minimum absolute atomic E-state index is 0.0464. The van der Waals surface area contributed by atoms with Gasteiger partial charge in [-0.15, -0.1) is 0 Å². The molecule has 2 unspecified atom stereocenters. The lowest BCUT2D eigenvalue weighted by Gasteiger charge is -2.34. The number of rotatable bonds is 4. The first kappa shape index (κ1) is 18.5. The van der Waals surface area contributed by atoms with E-state index < -0.39 is 0 Å². The number of H-pyrrole nitrogens is 1. The lowest BCUT2D eigenvalue weighted by Crippen LogP contribution is -2.28. The molecule has 0 bridgehead atoms. The van der Waals surface area contributed by atoms with E-state index in [0.717, 1.165) is 34.4 Å². The molecular formula is C24H23N5O. The summed E-state index contributed by atoms with van der Waals surface area (Å²) in [6.07, 6.45) is 3.67. The number of nitrogens with zero attached hydrogens (tertiary/aromatic N) is 3. The van der Waals surface area contributed by atoms with Crippen molar-refractivity contribution in [3.05, 3.63) is 99.7 Å². The average Bonchev–Trinajstić information content (AvgIpc) is 2.77. The Hall–Kier alpha value is -3.51. The second-order valence-electron chi connectivity index (χ2n) is 8.03. The molecule has 4 aromatic rings. The summed E-state index contributed by atoms with van der Waals surface area (Å²) >= 11 is 0. The lowest BCUT2D eigenvalue weighted by molar-refractivity contribution is 0.402. The Bertz CT molecular complexity index is 1250. The maximum atomic E-state index is 12.4. The summed E-state index contributed by atoms with van der Waals surface area (Å²) < 4.78 is 0. The van der Waals surface area contributed by atoms with Crippen molar-refractivity contribution in [3.63, 3.8) is 0 Å². The molecule has 6 heteroatoms. The molecule has 0 fully saturated rings. The third-order valence-electron chi connectivity index (χ3n) is 5.66. The molecule has 0 amide bonds. The van der Waals surface area contributed by atoms with E-state index in [-0.39, 0.29) is 17.5 Å². The highest BCUT2D eigenvalue weighted by Crippen LogP contribution is 2.46. The Labute approximate surface area is 174 Å². The predicted octanol–water partition coefficient (Wildman–Crippen LogP) is 3.68. The Morgan fingerprint density at radius 2 is 1.83 bits per heavy atom. The summed E-state index contributed by atoms with van der Waals surface area (Å²) in [5.41, 5.74) is 5.12. The van der Waals surface area contributed by atoms with Gasteiger partial charge in [-0.3, -0.25) is 9.78 Å². The van der Waals surface area contributed by atoms with Gasteiger partial charge in [-0.05, 0) is 49.0 Å². The van der Waals surface area contributed by atoms with E-state index in [9.17, 15) is 4.79 Å². The molecular weight excluding hydrogens is 374 g/mol. The van der Waals surface area contributed by atoms with Gasteiger partial charge in [0.2, 0.25) is 0 Å². The summed E-state index contributed by atoms with van der Waals surface area (Å²) in [5, 5.41) is 12.5. The zero-order valence-corrected chi connectivity index (χ0v) is 17.0. The van der Waals surface area contributed by atoms with Crippen molar-refractivity contribution in [2.24, 2.45) is 0 Å². The van der Waals surface area contributed by atoms with Crippen LogP contribution in [0.4, 0.5) is 5.69 Å². The van der Waals surface area contributed by atoms with Crippen LogP contribution in [0.1, 0.15) is 34.3 Å². The van der Waals surface area contributed by atoms with E-state index in [1.165, 1.54) is 5.56 Å². The molecule has 0 radical (unpaired) electrons. The highest BCUT2D eigenvalue weighted by Gasteiger charge is 2.34. The first-order valence-corrected chi connectivity index (χ1v) is 10.0. The van der Waals surface area contributed by atoms with Gasteiger partial charge >= 0.3 is 0 Å². The van der Waals surface area contributed by atoms with E-state index in [1.807, 2.05) is 30.5 Å². The molecule has 0 saturated carbocycles. The van der Waals surface area contributed by atoms with E-state index in [1.54, 1.807) is 6.20 Å². The quantitative estimate of drug-likeness (QED) is 0.550. The second kappa shape index (κ2) is 7.39. The summed E-state index contributed by atoms with van der Waals surface area (Å²) in [4.78, 5) is 18.9. The molecule has 3 heterocycles. The van der Waals surface area contributed by atoms with Crippen molar-refractivity contribution in [1.82, 2.24) is 20.1 Å². The van der Waals surface area contributed by atoms with Gasteiger partial charge in [0.05, 0.1) is 23.0 Å². The molecule has 2 aromatic heterocycles. The molecule has 30 heavy (non-hydrogen) atoms. The van der Waals surface area contributed by atoms with E-state index in [4.69, 9.17) is 0 Å². The number of hydrogen-bond acceptors (Lipinski definition) is 5. The number of benzene rings is 2. The van der Waals surface area contributed by atoms with Crippen LogP contribution in [0, 0.1) is 0 Å². The van der Waals surface area contributed by atoms with Gasteiger partial charge < -0.3 is 10.2 Å². The fourth-order valence-electron chi connectivity index (χ4n) is 4.38. The van der Waals surface area contributed by atoms with Crippen LogP contribution in [0.3, 0.4) is 0 Å². The Morgan fingerprint density at radius 3 is 2.57 bits per heavy atom. The van der Waals surface area contributed by atoms with E-state index in [2.05, 4.69) is 69.8 Å². The summed E-state index contributed by atoms with van der Waals surface area (Å²) in [6, 6.07) is 18.4. The standard InChI is InChI=1S/C24H23N5O/c1-29(2)14-15-8-10-16(11-9-15)20-22(17-5-4-12-25-13-17)26-19-7-3-6-18-21(19)23(20)27-28-24(18)30/h3-13,20,22,26H,14H2,1-2H3,(H,28,30). The Kier molecular flexibility index (Phi) is 4.56. The number of aromatic amines is 1. The Morgan fingerprint density at radius 1 is 1.00 bits per heavy atom. The maximum Gasteiger partial charge on any atom is 0.272 e. The number of nitrogens with one attached hydrogen (secondary N) is 2. The van der Waals surface area contributed by atoms with Gasteiger partial charge in [0, 0.05) is 30.0 Å². The van der Waals surface area contributed by atoms with Crippen molar-refractivity contribution >= 4 is 16.5 Å². The van der Waals surface area contributed by atoms with Gasteiger partial charge in [0.15, 0.2) is 0 Å². The molecule has 0 saturated heterocycles.